The lowest BCUT2D eigenvalue weighted by molar-refractivity contribution is -0.150. The highest BCUT2D eigenvalue weighted by Crippen LogP contribution is 2.31. The Kier molecular flexibility index (Phi) is 5.82. The maximum absolute atomic E-state index is 12.5. The molecule has 1 N–H and O–H groups in total. The van der Waals surface area contributed by atoms with Crippen LogP contribution in [0.25, 0.3) is 0 Å². The lowest BCUT2D eigenvalue weighted by Crippen LogP contribution is -2.26. The second kappa shape index (κ2) is 7.14. The second-order valence-corrected chi connectivity index (χ2v) is 3.94. The Hall–Kier alpha value is -1.76. The highest BCUT2D eigenvalue weighted by atomic mass is 19.4. The molecular formula is C13H15F3O4. The third kappa shape index (κ3) is 5.08. The van der Waals surface area contributed by atoms with Gasteiger partial charge < -0.3 is 14.6 Å². The van der Waals surface area contributed by atoms with Gasteiger partial charge in [0, 0.05) is 13.0 Å². The van der Waals surface area contributed by atoms with Crippen molar-refractivity contribution in [3.8, 4) is 5.75 Å². The molecule has 0 aliphatic rings. The van der Waals surface area contributed by atoms with E-state index >= 15 is 0 Å². The summed E-state index contributed by atoms with van der Waals surface area (Å²) in [6.45, 7) is 1.85. The van der Waals surface area contributed by atoms with E-state index in [1.165, 1.54) is 12.1 Å². The molecule has 112 valence electrons. The first-order valence-electron chi connectivity index (χ1n) is 5.99. The van der Waals surface area contributed by atoms with Gasteiger partial charge in [0.05, 0.1) is 12.2 Å². The number of carbonyl (C=O) groups is 1. The topological polar surface area (TPSA) is 55.8 Å². The molecule has 7 heteroatoms. The molecule has 20 heavy (non-hydrogen) atoms. The molecule has 0 saturated heterocycles. The Bertz CT molecular complexity index is 445. The summed E-state index contributed by atoms with van der Waals surface area (Å²) in [5.74, 6) is -1.08. The Morgan fingerprint density at radius 3 is 2.65 bits per heavy atom. The Balaban J connectivity index is 2.55. The van der Waals surface area contributed by atoms with Crippen LogP contribution in [0.5, 0.6) is 5.75 Å². The average Bonchev–Trinajstić information content (AvgIpc) is 2.37. The summed E-state index contributed by atoms with van der Waals surface area (Å²) in [6.07, 6.45) is -5.40. The largest absolute Gasteiger partial charge is 0.493 e. The lowest BCUT2D eigenvalue weighted by atomic mass is 10.2. The van der Waals surface area contributed by atoms with Crippen LogP contribution in [-0.4, -0.2) is 30.4 Å². The third-order valence-electron chi connectivity index (χ3n) is 2.45. The van der Waals surface area contributed by atoms with Crippen LogP contribution in [-0.2, 0) is 15.7 Å². The van der Waals surface area contributed by atoms with Gasteiger partial charge in [0.2, 0.25) is 0 Å². The van der Waals surface area contributed by atoms with Gasteiger partial charge in [-0.05, 0) is 25.1 Å². The number of aliphatic carboxylic acids is 1. The molecule has 0 amide bonds. The fourth-order valence-corrected chi connectivity index (χ4v) is 1.53. The Labute approximate surface area is 114 Å². The molecule has 4 nitrogen and oxygen atoms in total. The molecule has 0 fully saturated rings. The smallest absolute Gasteiger partial charge is 0.416 e. The van der Waals surface area contributed by atoms with Crippen LogP contribution in [0.1, 0.15) is 18.9 Å². The van der Waals surface area contributed by atoms with E-state index in [0.29, 0.717) is 0 Å². The number of hydrogen-bond acceptors (Lipinski definition) is 3. The molecule has 1 aromatic carbocycles. The summed E-state index contributed by atoms with van der Waals surface area (Å²) in [5, 5.41) is 8.82. The van der Waals surface area contributed by atoms with E-state index in [4.69, 9.17) is 14.6 Å². The van der Waals surface area contributed by atoms with Gasteiger partial charge in [-0.15, -0.1) is 0 Å². The van der Waals surface area contributed by atoms with Crippen molar-refractivity contribution < 1.29 is 32.5 Å². The average molecular weight is 292 g/mol. The predicted octanol–water partition coefficient (Wildman–Crippen LogP) is 2.96. The van der Waals surface area contributed by atoms with Crippen LogP contribution >= 0.6 is 0 Å². The number of alkyl halides is 3. The van der Waals surface area contributed by atoms with Crippen molar-refractivity contribution in [2.24, 2.45) is 0 Å². The zero-order valence-electron chi connectivity index (χ0n) is 10.8. The molecule has 0 aliphatic heterocycles. The highest BCUT2D eigenvalue weighted by molar-refractivity contribution is 5.72. The van der Waals surface area contributed by atoms with E-state index < -0.39 is 23.8 Å². The highest BCUT2D eigenvalue weighted by Gasteiger charge is 2.30. The molecule has 0 aliphatic carbocycles. The van der Waals surface area contributed by atoms with Gasteiger partial charge in [0.15, 0.2) is 6.10 Å². The van der Waals surface area contributed by atoms with Crippen molar-refractivity contribution in [2.45, 2.75) is 25.6 Å². The molecule has 0 heterocycles. The van der Waals surface area contributed by atoms with Crippen molar-refractivity contribution in [2.75, 3.05) is 13.2 Å². The van der Waals surface area contributed by atoms with Crippen molar-refractivity contribution in [3.05, 3.63) is 29.8 Å². The third-order valence-corrected chi connectivity index (χ3v) is 2.45. The molecule has 1 unspecified atom stereocenters. The summed E-state index contributed by atoms with van der Waals surface area (Å²) < 4.78 is 47.5. The minimum atomic E-state index is -4.44. The molecule has 1 aromatic rings. The summed E-state index contributed by atoms with van der Waals surface area (Å²) in [6, 6.07) is 4.42. The van der Waals surface area contributed by atoms with E-state index in [1.54, 1.807) is 6.92 Å². The van der Waals surface area contributed by atoms with E-state index in [0.717, 1.165) is 12.1 Å². The van der Waals surface area contributed by atoms with Crippen molar-refractivity contribution in [1.29, 1.82) is 0 Å². The molecule has 1 atom stereocenters. The van der Waals surface area contributed by atoms with Crippen molar-refractivity contribution >= 4 is 5.97 Å². The number of hydrogen-bond donors (Lipinski definition) is 1. The maximum atomic E-state index is 12.5. The van der Waals surface area contributed by atoms with E-state index in [9.17, 15) is 18.0 Å². The number of carboxylic acids is 1. The zero-order chi connectivity index (χ0) is 15.2. The monoisotopic (exact) mass is 292 g/mol. The fourth-order valence-electron chi connectivity index (χ4n) is 1.53. The summed E-state index contributed by atoms with van der Waals surface area (Å²) in [5.41, 5.74) is -0.811. The number of carboxylic acid groups (broad SMARTS) is 1. The van der Waals surface area contributed by atoms with Gasteiger partial charge >= 0.3 is 12.1 Å². The SMILES string of the molecule is CCOC(CCOc1cccc(C(F)(F)F)c1)C(=O)O. The van der Waals surface area contributed by atoms with Gasteiger partial charge in [0.1, 0.15) is 5.75 Å². The minimum Gasteiger partial charge on any atom is -0.493 e. The lowest BCUT2D eigenvalue weighted by Gasteiger charge is -2.13. The van der Waals surface area contributed by atoms with E-state index in [1.807, 2.05) is 0 Å². The first-order chi connectivity index (χ1) is 9.34. The summed E-state index contributed by atoms with van der Waals surface area (Å²) in [4.78, 5) is 10.8. The first kappa shape index (κ1) is 16.3. The molecule has 0 radical (unpaired) electrons. The summed E-state index contributed by atoms with van der Waals surface area (Å²) in [7, 11) is 0. The predicted molar refractivity (Wildman–Crippen MR) is 64.6 cm³/mol. The van der Waals surface area contributed by atoms with Crippen molar-refractivity contribution in [1.82, 2.24) is 0 Å². The van der Waals surface area contributed by atoms with Crippen LogP contribution in [0.15, 0.2) is 24.3 Å². The Morgan fingerprint density at radius 1 is 1.40 bits per heavy atom. The molecule has 0 bridgehead atoms. The number of ether oxygens (including phenoxy) is 2. The number of rotatable bonds is 7. The molecule has 1 rings (SSSR count). The zero-order valence-corrected chi connectivity index (χ0v) is 10.8. The van der Waals surface area contributed by atoms with Gasteiger partial charge in [-0.3, -0.25) is 0 Å². The molecule has 0 saturated carbocycles. The molecule has 0 spiro atoms. The van der Waals surface area contributed by atoms with E-state index in [2.05, 4.69) is 0 Å². The quantitative estimate of drug-likeness (QED) is 0.839. The van der Waals surface area contributed by atoms with Crippen LogP contribution in [0.2, 0.25) is 0 Å². The van der Waals surface area contributed by atoms with Crippen LogP contribution in [0.3, 0.4) is 0 Å². The number of halogens is 3. The standard InChI is InChI=1S/C13H15F3O4/c1-2-19-11(12(17)18)6-7-20-10-5-3-4-9(8-10)13(14,15)16/h3-5,8,11H,2,6-7H2,1H3,(H,17,18). The van der Waals surface area contributed by atoms with Gasteiger partial charge in [-0.25, -0.2) is 4.79 Å². The van der Waals surface area contributed by atoms with Gasteiger partial charge in [-0.2, -0.15) is 13.2 Å². The fraction of sp³-hybridized carbons (Fsp3) is 0.462. The van der Waals surface area contributed by atoms with Crippen LogP contribution in [0, 0.1) is 0 Å². The second-order valence-electron chi connectivity index (χ2n) is 3.94. The maximum Gasteiger partial charge on any atom is 0.416 e. The van der Waals surface area contributed by atoms with Crippen molar-refractivity contribution in [3.63, 3.8) is 0 Å². The summed E-state index contributed by atoms with van der Waals surface area (Å²) >= 11 is 0. The Morgan fingerprint density at radius 2 is 2.10 bits per heavy atom. The van der Waals surface area contributed by atoms with Crippen LogP contribution < -0.4 is 4.74 Å². The van der Waals surface area contributed by atoms with Gasteiger partial charge in [0.25, 0.3) is 0 Å². The van der Waals surface area contributed by atoms with Gasteiger partial charge in [-0.1, -0.05) is 6.07 Å². The molecular weight excluding hydrogens is 277 g/mol. The van der Waals surface area contributed by atoms with Crippen LogP contribution in [0.4, 0.5) is 13.2 Å². The minimum absolute atomic E-state index is 0.0421. The first-order valence-corrected chi connectivity index (χ1v) is 5.99. The van der Waals surface area contributed by atoms with E-state index in [-0.39, 0.29) is 25.4 Å². The number of benzene rings is 1. The normalized spacial score (nSPS) is 13.0. The molecule has 0 aromatic heterocycles.